The van der Waals surface area contributed by atoms with Crippen LogP contribution in [0.1, 0.15) is 10.4 Å². The quantitative estimate of drug-likeness (QED) is 0.910. The first-order valence-electron chi connectivity index (χ1n) is 5.27. The van der Waals surface area contributed by atoms with Crippen molar-refractivity contribution in [1.29, 1.82) is 0 Å². The van der Waals surface area contributed by atoms with Crippen molar-refractivity contribution in [3.63, 3.8) is 0 Å². The Morgan fingerprint density at radius 2 is 1.95 bits per heavy atom. The summed E-state index contributed by atoms with van der Waals surface area (Å²) in [5, 5.41) is 12.5. The molecule has 0 aliphatic carbocycles. The van der Waals surface area contributed by atoms with Crippen molar-refractivity contribution < 1.29 is 9.90 Å². The van der Waals surface area contributed by atoms with Crippen LogP contribution in [0.3, 0.4) is 0 Å². The van der Waals surface area contributed by atoms with E-state index in [0.29, 0.717) is 15.6 Å². The Hall–Kier alpha value is -1.85. The molecule has 1 heterocycles. The number of aromatic nitrogens is 2. The lowest BCUT2D eigenvalue weighted by molar-refractivity contribution is 0.0697. The number of halogens is 2. The van der Waals surface area contributed by atoms with E-state index in [4.69, 9.17) is 28.3 Å². The molecule has 2 N–H and O–H groups in total. The van der Waals surface area contributed by atoms with Gasteiger partial charge in [-0.25, -0.2) is 14.8 Å². The van der Waals surface area contributed by atoms with Crippen LogP contribution in [0.25, 0.3) is 11.4 Å². The summed E-state index contributed by atoms with van der Waals surface area (Å²) >= 11 is 12.1. The van der Waals surface area contributed by atoms with Crippen molar-refractivity contribution in [3.8, 4) is 11.4 Å². The molecule has 0 aliphatic heterocycles. The third kappa shape index (κ3) is 2.62. The smallest absolute Gasteiger partial charge is 0.341 e. The molecule has 0 saturated carbocycles. The van der Waals surface area contributed by atoms with Crippen LogP contribution in [0.4, 0.5) is 5.82 Å². The molecule has 1 aromatic heterocycles. The van der Waals surface area contributed by atoms with E-state index in [1.54, 1.807) is 25.2 Å². The first kappa shape index (κ1) is 13.6. The summed E-state index contributed by atoms with van der Waals surface area (Å²) in [6.07, 6.45) is 1.22. The second-order valence-corrected chi connectivity index (χ2v) is 4.42. The molecule has 0 radical (unpaired) electrons. The number of carboxylic acids is 1. The normalized spacial score (nSPS) is 10.3. The van der Waals surface area contributed by atoms with Gasteiger partial charge in [-0.2, -0.15) is 0 Å². The van der Waals surface area contributed by atoms with Crippen LogP contribution >= 0.6 is 23.2 Å². The highest BCUT2D eigenvalue weighted by molar-refractivity contribution is 6.39. The molecular weight excluding hydrogens is 289 g/mol. The largest absolute Gasteiger partial charge is 0.477 e. The van der Waals surface area contributed by atoms with Crippen molar-refractivity contribution in [3.05, 3.63) is 40.0 Å². The first-order chi connectivity index (χ1) is 9.04. The molecule has 0 bridgehead atoms. The van der Waals surface area contributed by atoms with Gasteiger partial charge in [-0.3, -0.25) is 0 Å². The highest BCUT2D eigenvalue weighted by atomic mass is 35.5. The fourth-order valence-corrected chi connectivity index (χ4v) is 2.13. The summed E-state index contributed by atoms with van der Waals surface area (Å²) in [4.78, 5) is 19.1. The molecular formula is C12H9Cl2N3O2. The number of carbonyl (C=O) groups is 1. The highest BCUT2D eigenvalue weighted by Gasteiger charge is 2.16. The number of nitrogens with zero attached hydrogens (tertiary/aromatic N) is 2. The average molecular weight is 298 g/mol. The number of rotatable bonds is 3. The minimum absolute atomic E-state index is 0.0190. The third-order valence-corrected chi connectivity index (χ3v) is 3.07. The summed E-state index contributed by atoms with van der Waals surface area (Å²) in [7, 11) is 1.58. The molecule has 0 amide bonds. The average Bonchev–Trinajstić information content (AvgIpc) is 2.38. The lowest BCUT2D eigenvalue weighted by Gasteiger charge is -2.09. The standard InChI is InChI=1S/C12H9Cl2N3O2/c1-15-10-6(12(18)19)5-16-11(17-10)9-7(13)3-2-4-8(9)14/h2-5H,1H3,(H,18,19)(H,15,16,17). The SMILES string of the molecule is CNc1nc(-c2c(Cl)cccc2Cl)ncc1C(=O)O. The molecule has 0 saturated heterocycles. The fraction of sp³-hybridized carbons (Fsp3) is 0.0833. The Morgan fingerprint density at radius 1 is 1.32 bits per heavy atom. The number of aromatic carboxylic acids is 1. The van der Waals surface area contributed by atoms with Crippen LogP contribution in [-0.2, 0) is 0 Å². The van der Waals surface area contributed by atoms with E-state index in [9.17, 15) is 4.79 Å². The zero-order valence-electron chi connectivity index (χ0n) is 9.82. The monoisotopic (exact) mass is 297 g/mol. The molecule has 0 aliphatic rings. The summed E-state index contributed by atoms with van der Waals surface area (Å²) in [6, 6.07) is 5.03. The zero-order valence-corrected chi connectivity index (χ0v) is 11.3. The van der Waals surface area contributed by atoms with Gasteiger partial charge < -0.3 is 10.4 Å². The molecule has 19 heavy (non-hydrogen) atoms. The molecule has 7 heteroatoms. The molecule has 0 atom stereocenters. The molecule has 0 fully saturated rings. The summed E-state index contributed by atoms with van der Waals surface area (Å²) in [5.41, 5.74) is 0.452. The zero-order chi connectivity index (χ0) is 14.0. The van der Waals surface area contributed by atoms with Gasteiger partial charge in [0, 0.05) is 13.2 Å². The third-order valence-electron chi connectivity index (χ3n) is 2.44. The number of hydrogen-bond acceptors (Lipinski definition) is 4. The second kappa shape index (κ2) is 5.42. The van der Waals surface area contributed by atoms with E-state index in [1.165, 1.54) is 6.20 Å². The number of benzene rings is 1. The van der Waals surface area contributed by atoms with Gasteiger partial charge in [0.05, 0.1) is 15.6 Å². The van der Waals surface area contributed by atoms with E-state index in [-0.39, 0.29) is 17.2 Å². The van der Waals surface area contributed by atoms with E-state index in [2.05, 4.69) is 15.3 Å². The predicted octanol–water partition coefficient (Wildman–Crippen LogP) is 3.19. The Balaban J connectivity index is 2.61. The fourth-order valence-electron chi connectivity index (χ4n) is 1.56. The highest BCUT2D eigenvalue weighted by Crippen LogP contribution is 2.33. The Morgan fingerprint density at radius 3 is 2.47 bits per heavy atom. The number of hydrogen-bond donors (Lipinski definition) is 2. The number of carboxylic acid groups (broad SMARTS) is 1. The Bertz CT molecular complexity index is 627. The maximum absolute atomic E-state index is 11.0. The van der Waals surface area contributed by atoms with Crippen molar-refractivity contribution in [2.24, 2.45) is 0 Å². The topological polar surface area (TPSA) is 75.1 Å². The molecule has 0 spiro atoms. The van der Waals surface area contributed by atoms with Gasteiger partial charge in [0.2, 0.25) is 0 Å². The minimum atomic E-state index is -1.11. The minimum Gasteiger partial charge on any atom is -0.477 e. The predicted molar refractivity (Wildman–Crippen MR) is 74.0 cm³/mol. The van der Waals surface area contributed by atoms with Gasteiger partial charge in [-0.15, -0.1) is 0 Å². The van der Waals surface area contributed by atoms with Crippen LogP contribution in [-0.4, -0.2) is 28.1 Å². The maximum atomic E-state index is 11.0. The van der Waals surface area contributed by atoms with Gasteiger partial charge >= 0.3 is 5.97 Å². The van der Waals surface area contributed by atoms with Crippen LogP contribution in [0.15, 0.2) is 24.4 Å². The van der Waals surface area contributed by atoms with E-state index in [1.807, 2.05) is 0 Å². The van der Waals surface area contributed by atoms with Crippen LogP contribution in [0, 0.1) is 0 Å². The summed E-state index contributed by atoms with van der Waals surface area (Å²) in [5.74, 6) is -0.639. The Labute approximate surface area is 119 Å². The summed E-state index contributed by atoms with van der Waals surface area (Å²) < 4.78 is 0. The van der Waals surface area contributed by atoms with E-state index < -0.39 is 5.97 Å². The second-order valence-electron chi connectivity index (χ2n) is 3.61. The first-order valence-corrected chi connectivity index (χ1v) is 6.02. The number of anilines is 1. The van der Waals surface area contributed by atoms with Gasteiger partial charge in [-0.05, 0) is 12.1 Å². The van der Waals surface area contributed by atoms with E-state index >= 15 is 0 Å². The molecule has 2 aromatic rings. The molecule has 5 nitrogen and oxygen atoms in total. The van der Waals surface area contributed by atoms with Crippen molar-refractivity contribution in [1.82, 2.24) is 9.97 Å². The van der Waals surface area contributed by atoms with Crippen LogP contribution < -0.4 is 5.32 Å². The van der Waals surface area contributed by atoms with Gasteiger partial charge in [-0.1, -0.05) is 29.3 Å². The molecule has 2 rings (SSSR count). The Kier molecular flexibility index (Phi) is 3.87. The van der Waals surface area contributed by atoms with Crippen molar-refractivity contribution >= 4 is 35.0 Å². The van der Waals surface area contributed by atoms with Gasteiger partial charge in [0.25, 0.3) is 0 Å². The molecule has 0 unspecified atom stereocenters. The van der Waals surface area contributed by atoms with Crippen LogP contribution in [0.2, 0.25) is 10.0 Å². The molecule has 1 aromatic carbocycles. The summed E-state index contributed by atoms with van der Waals surface area (Å²) in [6.45, 7) is 0. The number of nitrogens with one attached hydrogen (secondary N) is 1. The van der Waals surface area contributed by atoms with Crippen LogP contribution in [0.5, 0.6) is 0 Å². The van der Waals surface area contributed by atoms with Crippen molar-refractivity contribution in [2.45, 2.75) is 0 Å². The molecule has 98 valence electrons. The van der Waals surface area contributed by atoms with E-state index in [0.717, 1.165) is 0 Å². The van der Waals surface area contributed by atoms with Crippen molar-refractivity contribution in [2.75, 3.05) is 12.4 Å². The van der Waals surface area contributed by atoms with Gasteiger partial charge in [0.15, 0.2) is 5.82 Å². The lowest BCUT2D eigenvalue weighted by atomic mass is 10.2. The lowest BCUT2D eigenvalue weighted by Crippen LogP contribution is -2.07. The van der Waals surface area contributed by atoms with Gasteiger partial charge in [0.1, 0.15) is 11.4 Å². The maximum Gasteiger partial charge on any atom is 0.341 e.